The van der Waals surface area contributed by atoms with E-state index in [1.165, 1.54) is 15.3 Å². The third kappa shape index (κ3) is 1.30. The van der Waals surface area contributed by atoms with Crippen LogP contribution in [-0.4, -0.2) is 19.7 Å². The van der Waals surface area contributed by atoms with E-state index in [-0.39, 0.29) is 5.60 Å². The van der Waals surface area contributed by atoms with E-state index in [1.807, 2.05) is 11.3 Å². The molecule has 2 nitrogen and oxygen atoms in total. The number of nitrogens with one attached hydrogen (secondary N) is 1. The Kier molecular flexibility index (Phi) is 2.16. The van der Waals surface area contributed by atoms with Crippen molar-refractivity contribution < 1.29 is 4.74 Å². The van der Waals surface area contributed by atoms with Gasteiger partial charge in [-0.1, -0.05) is 0 Å². The van der Waals surface area contributed by atoms with Crippen LogP contribution in [0.25, 0.3) is 0 Å². The van der Waals surface area contributed by atoms with Crippen molar-refractivity contribution in [2.75, 3.05) is 19.7 Å². The van der Waals surface area contributed by atoms with Crippen LogP contribution in [0.4, 0.5) is 0 Å². The number of fused-ring (bicyclic) bond motifs is 2. The van der Waals surface area contributed by atoms with Gasteiger partial charge in [-0.25, -0.2) is 0 Å². The highest BCUT2D eigenvalue weighted by molar-refractivity contribution is 7.12. The first kappa shape index (κ1) is 9.82. The maximum atomic E-state index is 6.07. The Hall–Kier alpha value is -0.380. The molecule has 1 spiro atoms. The monoisotopic (exact) mass is 223 g/mol. The summed E-state index contributed by atoms with van der Waals surface area (Å²) in [6.45, 7) is 7.47. The standard InChI is InChI=1S/C12H17NOS/c1-8-9(2)15-11-10(8)3-6-14-12(11)4-5-13-7-12/h13H,3-7H2,1-2H3. The van der Waals surface area contributed by atoms with E-state index in [4.69, 9.17) is 4.74 Å². The van der Waals surface area contributed by atoms with E-state index in [1.54, 1.807) is 5.56 Å². The average Bonchev–Trinajstić information content (AvgIpc) is 2.79. The van der Waals surface area contributed by atoms with E-state index in [0.29, 0.717) is 0 Å². The smallest absolute Gasteiger partial charge is 0.116 e. The van der Waals surface area contributed by atoms with Crippen LogP contribution in [0.2, 0.25) is 0 Å². The van der Waals surface area contributed by atoms with E-state index in [2.05, 4.69) is 19.2 Å². The van der Waals surface area contributed by atoms with Gasteiger partial charge in [-0.05, 0) is 44.4 Å². The summed E-state index contributed by atoms with van der Waals surface area (Å²) >= 11 is 1.95. The van der Waals surface area contributed by atoms with E-state index in [0.717, 1.165) is 32.5 Å². The van der Waals surface area contributed by atoms with Crippen LogP contribution in [0.15, 0.2) is 0 Å². The van der Waals surface area contributed by atoms with Crippen LogP contribution in [0.5, 0.6) is 0 Å². The zero-order chi connectivity index (χ0) is 10.5. The van der Waals surface area contributed by atoms with Crippen molar-refractivity contribution in [1.29, 1.82) is 0 Å². The van der Waals surface area contributed by atoms with Gasteiger partial charge in [0.05, 0.1) is 6.61 Å². The van der Waals surface area contributed by atoms with Gasteiger partial charge in [0.2, 0.25) is 0 Å². The molecular formula is C12H17NOS. The average molecular weight is 223 g/mol. The Morgan fingerprint density at radius 3 is 3.00 bits per heavy atom. The van der Waals surface area contributed by atoms with Gasteiger partial charge in [0.25, 0.3) is 0 Å². The predicted molar refractivity (Wildman–Crippen MR) is 62.6 cm³/mol. The Morgan fingerprint density at radius 1 is 1.40 bits per heavy atom. The van der Waals surface area contributed by atoms with Crippen LogP contribution in [-0.2, 0) is 16.8 Å². The van der Waals surface area contributed by atoms with Crippen LogP contribution in [0.3, 0.4) is 0 Å². The molecule has 2 aliphatic rings. The molecule has 1 aromatic rings. The molecule has 15 heavy (non-hydrogen) atoms. The molecule has 0 aliphatic carbocycles. The minimum atomic E-state index is 0.0251. The molecule has 3 rings (SSSR count). The Bertz CT molecular complexity index is 391. The zero-order valence-corrected chi connectivity index (χ0v) is 10.2. The molecule has 0 bridgehead atoms. The zero-order valence-electron chi connectivity index (χ0n) is 9.35. The maximum Gasteiger partial charge on any atom is 0.116 e. The second kappa shape index (κ2) is 3.30. The highest BCUT2D eigenvalue weighted by Gasteiger charge is 2.42. The van der Waals surface area contributed by atoms with Crippen molar-refractivity contribution in [3.05, 3.63) is 20.9 Å². The number of rotatable bonds is 0. The molecule has 0 saturated carbocycles. The number of hydrogen-bond acceptors (Lipinski definition) is 3. The molecule has 1 N–H and O–H groups in total. The normalized spacial score (nSPS) is 29.7. The van der Waals surface area contributed by atoms with E-state index >= 15 is 0 Å². The molecule has 0 aromatic carbocycles. The first-order valence-electron chi connectivity index (χ1n) is 5.67. The van der Waals surface area contributed by atoms with Gasteiger partial charge in [-0.15, -0.1) is 11.3 Å². The van der Waals surface area contributed by atoms with Crippen molar-refractivity contribution in [2.24, 2.45) is 0 Å². The number of hydrogen-bond donors (Lipinski definition) is 1. The van der Waals surface area contributed by atoms with Crippen molar-refractivity contribution in [3.8, 4) is 0 Å². The van der Waals surface area contributed by atoms with Gasteiger partial charge in [-0.3, -0.25) is 0 Å². The van der Waals surface area contributed by atoms with Gasteiger partial charge in [0.15, 0.2) is 0 Å². The Morgan fingerprint density at radius 2 is 2.27 bits per heavy atom. The summed E-state index contributed by atoms with van der Waals surface area (Å²) < 4.78 is 6.07. The Labute approximate surface area is 94.6 Å². The van der Waals surface area contributed by atoms with Gasteiger partial charge >= 0.3 is 0 Å². The summed E-state index contributed by atoms with van der Waals surface area (Å²) in [4.78, 5) is 2.98. The first-order valence-corrected chi connectivity index (χ1v) is 6.49. The summed E-state index contributed by atoms with van der Waals surface area (Å²) in [6, 6.07) is 0. The molecule has 1 unspecified atom stereocenters. The second-order valence-electron chi connectivity index (χ2n) is 4.61. The minimum Gasteiger partial charge on any atom is -0.368 e. The molecule has 0 radical (unpaired) electrons. The third-order valence-corrected chi connectivity index (χ3v) is 5.21. The fourth-order valence-electron chi connectivity index (χ4n) is 2.74. The molecule has 1 saturated heterocycles. The molecule has 82 valence electrons. The van der Waals surface area contributed by atoms with E-state index < -0.39 is 0 Å². The SMILES string of the molecule is Cc1sc2c(c1C)CCOC21CCNC1. The fourth-order valence-corrected chi connectivity index (χ4v) is 4.12. The molecule has 1 fully saturated rings. The van der Waals surface area contributed by atoms with Crippen molar-refractivity contribution in [1.82, 2.24) is 5.32 Å². The molecule has 1 atom stereocenters. The quantitative estimate of drug-likeness (QED) is 0.727. The lowest BCUT2D eigenvalue weighted by molar-refractivity contribution is -0.0418. The lowest BCUT2D eigenvalue weighted by Crippen LogP contribution is -2.36. The predicted octanol–water partition coefficient (Wildman–Crippen LogP) is 2.13. The molecule has 2 aliphatic heterocycles. The van der Waals surface area contributed by atoms with Crippen molar-refractivity contribution >= 4 is 11.3 Å². The van der Waals surface area contributed by atoms with E-state index in [9.17, 15) is 0 Å². The molecule has 0 amide bonds. The van der Waals surface area contributed by atoms with Gasteiger partial charge in [-0.2, -0.15) is 0 Å². The second-order valence-corrected chi connectivity index (χ2v) is 5.84. The highest BCUT2D eigenvalue weighted by atomic mass is 32.1. The van der Waals surface area contributed by atoms with Crippen LogP contribution in [0, 0.1) is 13.8 Å². The lowest BCUT2D eigenvalue weighted by atomic mass is 9.91. The first-order chi connectivity index (χ1) is 7.23. The summed E-state index contributed by atoms with van der Waals surface area (Å²) in [5, 5.41) is 3.43. The molecule has 1 aromatic heterocycles. The van der Waals surface area contributed by atoms with Crippen LogP contribution >= 0.6 is 11.3 Å². The Balaban J connectivity index is 2.14. The maximum absolute atomic E-state index is 6.07. The summed E-state index contributed by atoms with van der Waals surface area (Å²) in [5.74, 6) is 0. The molecule has 3 heteroatoms. The summed E-state index contributed by atoms with van der Waals surface area (Å²) in [6.07, 6.45) is 2.24. The minimum absolute atomic E-state index is 0.0251. The summed E-state index contributed by atoms with van der Waals surface area (Å²) in [7, 11) is 0. The largest absolute Gasteiger partial charge is 0.368 e. The highest BCUT2D eigenvalue weighted by Crippen LogP contribution is 2.44. The lowest BCUT2D eigenvalue weighted by Gasteiger charge is -2.33. The molecule has 3 heterocycles. The van der Waals surface area contributed by atoms with Crippen molar-refractivity contribution in [3.63, 3.8) is 0 Å². The van der Waals surface area contributed by atoms with Crippen LogP contribution < -0.4 is 5.32 Å². The van der Waals surface area contributed by atoms with Crippen molar-refractivity contribution in [2.45, 2.75) is 32.3 Å². The number of thiophene rings is 1. The number of ether oxygens (including phenoxy) is 1. The summed E-state index contributed by atoms with van der Waals surface area (Å²) in [5.41, 5.74) is 3.11. The van der Waals surface area contributed by atoms with Crippen LogP contribution in [0.1, 0.15) is 27.3 Å². The third-order valence-electron chi connectivity index (χ3n) is 3.77. The van der Waals surface area contributed by atoms with Gasteiger partial charge in [0, 0.05) is 16.3 Å². The van der Waals surface area contributed by atoms with Gasteiger partial charge in [0.1, 0.15) is 5.60 Å². The molecular weight excluding hydrogens is 206 g/mol. The number of aryl methyl sites for hydroxylation is 1. The van der Waals surface area contributed by atoms with Gasteiger partial charge < -0.3 is 10.1 Å². The topological polar surface area (TPSA) is 21.3 Å². The fraction of sp³-hybridized carbons (Fsp3) is 0.667.